The Labute approximate surface area is 139 Å². The second kappa shape index (κ2) is 7.45. The van der Waals surface area contributed by atoms with Crippen LogP contribution in [-0.2, 0) is 14.8 Å². The first kappa shape index (κ1) is 17.9. The van der Waals surface area contributed by atoms with E-state index < -0.39 is 10.0 Å². The van der Waals surface area contributed by atoms with Gasteiger partial charge in [0.05, 0.1) is 12.2 Å². The smallest absolute Gasteiger partial charge is 0.230 e. The number of amides is 1. The lowest BCUT2D eigenvalue weighted by Gasteiger charge is -2.37. The molecule has 1 aromatic carbocycles. The summed E-state index contributed by atoms with van der Waals surface area (Å²) in [6, 6.07) is 9.85. The van der Waals surface area contributed by atoms with E-state index in [2.05, 4.69) is 0 Å². The molecule has 2 rings (SSSR count). The van der Waals surface area contributed by atoms with E-state index in [1.54, 1.807) is 7.05 Å². The van der Waals surface area contributed by atoms with Gasteiger partial charge in [0.1, 0.15) is 0 Å². The van der Waals surface area contributed by atoms with Crippen molar-refractivity contribution in [2.75, 3.05) is 26.4 Å². The van der Waals surface area contributed by atoms with Gasteiger partial charge in [-0.05, 0) is 24.8 Å². The first-order valence-electron chi connectivity index (χ1n) is 8.11. The van der Waals surface area contributed by atoms with Crippen LogP contribution in [0, 0.1) is 0 Å². The van der Waals surface area contributed by atoms with Gasteiger partial charge in [-0.1, -0.05) is 37.3 Å². The molecule has 23 heavy (non-hydrogen) atoms. The topological polar surface area (TPSA) is 57.7 Å². The Bertz CT molecular complexity index is 622. The van der Waals surface area contributed by atoms with Crippen LogP contribution in [0.1, 0.15) is 37.7 Å². The van der Waals surface area contributed by atoms with Crippen LogP contribution in [0.3, 0.4) is 0 Å². The van der Waals surface area contributed by atoms with E-state index in [1.165, 1.54) is 10.6 Å². The third-order valence-corrected chi connectivity index (χ3v) is 6.07. The van der Waals surface area contributed by atoms with Crippen LogP contribution in [0.5, 0.6) is 0 Å². The van der Waals surface area contributed by atoms with Crippen molar-refractivity contribution < 1.29 is 13.2 Å². The fraction of sp³-hybridized carbons (Fsp3) is 0.588. The first-order valence-corrected chi connectivity index (χ1v) is 9.96. The van der Waals surface area contributed by atoms with Crippen molar-refractivity contribution in [1.82, 2.24) is 9.21 Å². The van der Waals surface area contributed by atoms with Crippen molar-refractivity contribution in [3.05, 3.63) is 35.9 Å². The van der Waals surface area contributed by atoms with Gasteiger partial charge in [0, 0.05) is 26.2 Å². The number of nitrogens with zero attached hydrogens (tertiary/aromatic N) is 2. The average molecular weight is 338 g/mol. The predicted molar refractivity (Wildman–Crippen MR) is 91.7 cm³/mol. The molecule has 1 fully saturated rings. The van der Waals surface area contributed by atoms with Crippen LogP contribution in [0.2, 0.25) is 0 Å². The first-order chi connectivity index (χ1) is 10.8. The Morgan fingerprint density at radius 2 is 1.83 bits per heavy atom. The van der Waals surface area contributed by atoms with Crippen molar-refractivity contribution in [3.8, 4) is 0 Å². The number of benzene rings is 1. The molecule has 1 aromatic rings. The average Bonchev–Trinajstić information content (AvgIpc) is 2.55. The van der Waals surface area contributed by atoms with Gasteiger partial charge in [-0.2, -0.15) is 0 Å². The van der Waals surface area contributed by atoms with Crippen LogP contribution in [0.15, 0.2) is 30.3 Å². The second-order valence-electron chi connectivity index (χ2n) is 6.21. The molecule has 1 amide bonds. The number of likely N-dealkylation sites (tertiary alicyclic amines) is 1. The van der Waals surface area contributed by atoms with Gasteiger partial charge in [-0.15, -0.1) is 0 Å². The Hall–Kier alpha value is -1.40. The summed E-state index contributed by atoms with van der Waals surface area (Å²) in [5.74, 6) is 0.0412. The lowest BCUT2D eigenvalue weighted by molar-refractivity contribution is -0.134. The zero-order chi connectivity index (χ0) is 17.0. The maximum atomic E-state index is 12.8. The van der Waals surface area contributed by atoms with Crippen molar-refractivity contribution >= 4 is 15.9 Å². The number of carbonyl (C=O) groups excluding carboxylic acids is 1. The lowest BCUT2D eigenvalue weighted by Crippen LogP contribution is -2.48. The summed E-state index contributed by atoms with van der Waals surface area (Å²) in [6.45, 7) is 3.26. The van der Waals surface area contributed by atoms with Crippen LogP contribution in [0.25, 0.3) is 0 Å². The molecule has 1 heterocycles. The standard InChI is InChI=1S/C17H26N2O3S/c1-4-16(14-8-6-5-7-9-14)17(20)19-12-10-15(11-13-19)18(2)23(3,21)22/h5-9,15-16H,4,10-13H2,1-3H3. The molecule has 0 aliphatic carbocycles. The number of piperidine rings is 1. The third-order valence-electron chi connectivity index (χ3n) is 4.72. The van der Waals surface area contributed by atoms with Gasteiger partial charge in [-0.3, -0.25) is 4.79 Å². The molecule has 1 aliphatic rings. The molecule has 0 saturated carbocycles. The Morgan fingerprint density at radius 3 is 2.30 bits per heavy atom. The predicted octanol–water partition coefficient (Wildman–Crippen LogP) is 2.06. The van der Waals surface area contributed by atoms with E-state index >= 15 is 0 Å². The van der Waals surface area contributed by atoms with Crippen molar-refractivity contribution in [2.24, 2.45) is 0 Å². The summed E-state index contributed by atoms with van der Waals surface area (Å²) in [7, 11) is -1.55. The lowest BCUT2D eigenvalue weighted by atomic mass is 9.93. The minimum absolute atomic E-state index is 0.00847. The zero-order valence-electron chi connectivity index (χ0n) is 14.1. The van der Waals surface area contributed by atoms with Crippen LogP contribution in [-0.4, -0.2) is 56.0 Å². The Balaban J connectivity index is 2.00. The van der Waals surface area contributed by atoms with E-state index in [1.807, 2.05) is 42.2 Å². The largest absolute Gasteiger partial charge is 0.342 e. The second-order valence-corrected chi connectivity index (χ2v) is 8.25. The monoisotopic (exact) mass is 338 g/mol. The van der Waals surface area contributed by atoms with Gasteiger partial charge in [-0.25, -0.2) is 12.7 Å². The van der Waals surface area contributed by atoms with Crippen LogP contribution in [0.4, 0.5) is 0 Å². The third kappa shape index (κ3) is 4.32. The molecular formula is C17H26N2O3S. The summed E-state index contributed by atoms with van der Waals surface area (Å²) >= 11 is 0. The molecule has 6 heteroatoms. The summed E-state index contributed by atoms with van der Waals surface area (Å²) < 4.78 is 24.7. The number of sulfonamides is 1. The number of hydrogen-bond acceptors (Lipinski definition) is 3. The fourth-order valence-corrected chi connectivity index (χ4v) is 3.93. The Morgan fingerprint density at radius 1 is 1.26 bits per heavy atom. The highest BCUT2D eigenvalue weighted by Gasteiger charge is 2.31. The van der Waals surface area contributed by atoms with Crippen molar-refractivity contribution in [3.63, 3.8) is 0 Å². The summed E-state index contributed by atoms with van der Waals surface area (Å²) in [4.78, 5) is 14.7. The minimum Gasteiger partial charge on any atom is -0.342 e. The molecule has 1 saturated heterocycles. The summed E-state index contributed by atoms with van der Waals surface area (Å²) in [5, 5.41) is 0. The van der Waals surface area contributed by atoms with Crippen LogP contribution >= 0.6 is 0 Å². The fourth-order valence-electron chi connectivity index (χ4n) is 3.18. The summed E-state index contributed by atoms with van der Waals surface area (Å²) in [6.07, 6.45) is 3.39. The SMILES string of the molecule is CCC(C(=O)N1CCC(N(C)S(C)(=O)=O)CC1)c1ccccc1. The number of hydrogen-bond donors (Lipinski definition) is 0. The van der Waals surface area contributed by atoms with E-state index in [0.717, 1.165) is 12.0 Å². The van der Waals surface area contributed by atoms with Crippen molar-refractivity contribution in [1.29, 1.82) is 0 Å². The molecular weight excluding hydrogens is 312 g/mol. The Kier molecular flexibility index (Phi) is 5.81. The molecule has 1 unspecified atom stereocenters. The molecule has 0 N–H and O–H groups in total. The van der Waals surface area contributed by atoms with Gasteiger partial charge in [0.2, 0.25) is 15.9 Å². The molecule has 5 nitrogen and oxygen atoms in total. The molecule has 0 radical (unpaired) electrons. The molecule has 0 aromatic heterocycles. The van der Waals surface area contributed by atoms with E-state index in [-0.39, 0.29) is 17.9 Å². The van der Waals surface area contributed by atoms with E-state index in [9.17, 15) is 13.2 Å². The highest BCUT2D eigenvalue weighted by atomic mass is 32.2. The molecule has 0 spiro atoms. The maximum Gasteiger partial charge on any atom is 0.230 e. The highest BCUT2D eigenvalue weighted by Crippen LogP contribution is 2.25. The van der Waals surface area contributed by atoms with E-state index in [4.69, 9.17) is 0 Å². The van der Waals surface area contributed by atoms with Gasteiger partial charge in [0.15, 0.2) is 0 Å². The molecule has 0 bridgehead atoms. The van der Waals surface area contributed by atoms with Gasteiger partial charge >= 0.3 is 0 Å². The van der Waals surface area contributed by atoms with Gasteiger partial charge < -0.3 is 4.90 Å². The maximum absolute atomic E-state index is 12.8. The minimum atomic E-state index is -3.17. The van der Waals surface area contributed by atoms with E-state index in [0.29, 0.717) is 25.9 Å². The molecule has 128 valence electrons. The van der Waals surface area contributed by atoms with Gasteiger partial charge in [0.25, 0.3) is 0 Å². The number of rotatable bonds is 5. The molecule has 1 aliphatic heterocycles. The summed E-state index contributed by atoms with van der Waals surface area (Å²) in [5.41, 5.74) is 1.05. The normalized spacial score (nSPS) is 18.2. The zero-order valence-corrected chi connectivity index (χ0v) is 14.9. The quantitative estimate of drug-likeness (QED) is 0.826. The number of carbonyl (C=O) groups is 1. The van der Waals surface area contributed by atoms with Crippen LogP contribution < -0.4 is 0 Å². The molecule has 1 atom stereocenters. The van der Waals surface area contributed by atoms with Crippen molar-refractivity contribution in [2.45, 2.75) is 38.1 Å². The highest BCUT2D eigenvalue weighted by molar-refractivity contribution is 7.88.